The topological polar surface area (TPSA) is 56.5 Å². The highest BCUT2D eigenvalue weighted by atomic mass is 16.5. The van der Waals surface area contributed by atoms with Crippen molar-refractivity contribution in [1.29, 1.82) is 0 Å². The third-order valence-corrected chi connectivity index (χ3v) is 4.83. The predicted molar refractivity (Wildman–Crippen MR) is 113 cm³/mol. The van der Waals surface area contributed by atoms with Gasteiger partial charge >= 0.3 is 0 Å². The zero-order chi connectivity index (χ0) is 20.1. The number of fused-ring (bicyclic) bond motifs is 1. The highest BCUT2D eigenvalue weighted by molar-refractivity contribution is 5.76. The molecule has 1 aromatic heterocycles. The standard InChI is InChI=1S/C24H24N2O3/c1-28-20-11-13-21(14-12-20)29-17-19(27)16-26-23-10-6-5-9-22(23)25-24(26)15-18-7-3-2-4-8-18/h2-14,19,27H,15-17H2,1H3/t19-/m0/s1. The maximum absolute atomic E-state index is 10.6. The second kappa shape index (κ2) is 8.80. The highest BCUT2D eigenvalue weighted by Crippen LogP contribution is 2.20. The van der Waals surface area contributed by atoms with Crippen LogP contribution in [0.5, 0.6) is 11.5 Å². The van der Waals surface area contributed by atoms with Crippen LogP contribution in [0, 0.1) is 0 Å². The number of ether oxygens (including phenoxy) is 2. The third-order valence-electron chi connectivity index (χ3n) is 4.83. The van der Waals surface area contributed by atoms with Gasteiger partial charge in [-0.25, -0.2) is 4.98 Å². The molecule has 0 aliphatic heterocycles. The molecule has 0 spiro atoms. The molecule has 5 nitrogen and oxygen atoms in total. The largest absolute Gasteiger partial charge is 0.497 e. The van der Waals surface area contributed by atoms with E-state index in [9.17, 15) is 5.11 Å². The summed E-state index contributed by atoms with van der Waals surface area (Å²) in [4.78, 5) is 4.80. The number of hydrogen-bond acceptors (Lipinski definition) is 4. The van der Waals surface area contributed by atoms with Gasteiger partial charge in [0, 0.05) is 6.42 Å². The Morgan fingerprint density at radius 2 is 1.59 bits per heavy atom. The SMILES string of the molecule is COc1ccc(OC[C@@H](O)Cn2c(Cc3ccccc3)nc3ccccc32)cc1. The Bertz CT molecular complexity index is 1060. The number of aliphatic hydroxyl groups is 1. The zero-order valence-electron chi connectivity index (χ0n) is 16.4. The lowest BCUT2D eigenvalue weighted by Crippen LogP contribution is -2.24. The van der Waals surface area contributed by atoms with Crippen molar-refractivity contribution >= 4 is 11.0 Å². The van der Waals surface area contributed by atoms with Gasteiger partial charge in [0.05, 0.1) is 24.7 Å². The molecular formula is C24H24N2O3. The van der Waals surface area contributed by atoms with Crippen molar-refractivity contribution < 1.29 is 14.6 Å². The Kier molecular flexibility index (Phi) is 5.77. The van der Waals surface area contributed by atoms with E-state index in [1.54, 1.807) is 7.11 Å². The van der Waals surface area contributed by atoms with Crippen molar-refractivity contribution in [3.8, 4) is 11.5 Å². The summed E-state index contributed by atoms with van der Waals surface area (Å²) in [7, 11) is 1.63. The molecule has 29 heavy (non-hydrogen) atoms. The van der Waals surface area contributed by atoms with E-state index >= 15 is 0 Å². The molecule has 1 N–H and O–H groups in total. The molecule has 0 amide bonds. The van der Waals surface area contributed by atoms with Crippen molar-refractivity contribution in [2.45, 2.75) is 19.1 Å². The smallest absolute Gasteiger partial charge is 0.119 e. The summed E-state index contributed by atoms with van der Waals surface area (Å²) < 4.78 is 13.0. The summed E-state index contributed by atoms with van der Waals surface area (Å²) in [5, 5.41) is 10.6. The summed E-state index contributed by atoms with van der Waals surface area (Å²) in [6.07, 6.45) is 0.0471. The molecule has 0 saturated heterocycles. The van der Waals surface area contributed by atoms with Crippen molar-refractivity contribution in [1.82, 2.24) is 9.55 Å². The fraction of sp³-hybridized carbons (Fsp3) is 0.208. The lowest BCUT2D eigenvalue weighted by molar-refractivity contribution is 0.0928. The average molecular weight is 388 g/mol. The van der Waals surface area contributed by atoms with Crippen molar-refractivity contribution in [2.75, 3.05) is 13.7 Å². The van der Waals surface area contributed by atoms with Crippen LogP contribution in [0.1, 0.15) is 11.4 Å². The molecule has 4 rings (SSSR count). The van der Waals surface area contributed by atoms with Crippen LogP contribution in [-0.2, 0) is 13.0 Å². The molecule has 148 valence electrons. The van der Waals surface area contributed by atoms with E-state index in [2.05, 4.69) is 16.7 Å². The number of aromatic nitrogens is 2. The van der Waals surface area contributed by atoms with Gasteiger partial charge in [-0.3, -0.25) is 0 Å². The maximum Gasteiger partial charge on any atom is 0.119 e. The zero-order valence-corrected chi connectivity index (χ0v) is 16.4. The Hall–Kier alpha value is -3.31. The minimum absolute atomic E-state index is 0.198. The molecule has 0 aliphatic carbocycles. The van der Waals surface area contributed by atoms with Crippen molar-refractivity contribution in [3.05, 3.63) is 90.3 Å². The number of hydrogen-bond donors (Lipinski definition) is 1. The molecule has 3 aromatic carbocycles. The lowest BCUT2D eigenvalue weighted by atomic mass is 10.1. The second-order valence-electron chi connectivity index (χ2n) is 6.93. The molecule has 0 saturated carbocycles. The maximum atomic E-state index is 10.6. The van der Waals surface area contributed by atoms with E-state index in [0.717, 1.165) is 22.6 Å². The van der Waals surface area contributed by atoms with Crippen molar-refractivity contribution in [3.63, 3.8) is 0 Å². The number of benzene rings is 3. The van der Waals surface area contributed by atoms with E-state index in [1.165, 1.54) is 5.56 Å². The predicted octanol–water partition coefficient (Wildman–Crippen LogP) is 4.08. The minimum atomic E-state index is -0.663. The summed E-state index contributed by atoms with van der Waals surface area (Å²) in [5.41, 5.74) is 3.14. The van der Waals surface area contributed by atoms with Crippen molar-refractivity contribution in [2.24, 2.45) is 0 Å². The first-order chi connectivity index (χ1) is 14.2. The lowest BCUT2D eigenvalue weighted by Gasteiger charge is -2.16. The van der Waals surface area contributed by atoms with E-state index in [-0.39, 0.29) is 6.61 Å². The second-order valence-corrected chi connectivity index (χ2v) is 6.93. The average Bonchev–Trinajstić information content (AvgIpc) is 3.10. The molecule has 0 unspecified atom stereocenters. The van der Waals surface area contributed by atoms with Gasteiger partial charge in [-0.05, 0) is 42.0 Å². The quantitative estimate of drug-likeness (QED) is 0.494. The molecule has 0 bridgehead atoms. The first-order valence-corrected chi connectivity index (χ1v) is 9.66. The van der Waals surface area contributed by atoms with Crippen LogP contribution in [0.4, 0.5) is 0 Å². The molecule has 1 atom stereocenters. The summed E-state index contributed by atoms with van der Waals surface area (Å²) in [6.45, 7) is 0.614. The number of imidazole rings is 1. The van der Waals surface area contributed by atoms with Gasteiger partial charge in [-0.15, -0.1) is 0 Å². The van der Waals surface area contributed by atoms with Gasteiger partial charge in [0.15, 0.2) is 0 Å². The summed E-state index contributed by atoms with van der Waals surface area (Å²) in [6, 6.07) is 25.6. The molecule has 5 heteroatoms. The fourth-order valence-electron chi connectivity index (χ4n) is 3.37. The van der Waals surface area contributed by atoms with E-state index in [0.29, 0.717) is 18.7 Å². The summed E-state index contributed by atoms with van der Waals surface area (Å²) >= 11 is 0. The van der Waals surface area contributed by atoms with E-state index in [1.807, 2.05) is 66.7 Å². The molecule has 0 aliphatic rings. The summed E-state index contributed by atoms with van der Waals surface area (Å²) in [5.74, 6) is 2.40. The molecule has 4 aromatic rings. The van der Waals surface area contributed by atoms with Crippen LogP contribution in [0.3, 0.4) is 0 Å². The molecule has 0 radical (unpaired) electrons. The molecule has 0 fully saturated rings. The monoisotopic (exact) mass is 388 g/mol. The van der Waals surface area contributed by atoms with Gasteiger partial charge < -0.3 is 19.1 Å². The molecular weight excluding hydrogens is 364 g/mol. The van der Waals surface area contributed by atoms with Gasteiger partial charge in [0.25, 0.3) is 0 Å². The van der Waals surface area contributed by atoms with Crippen LogP contribution in [0.15, 0.2) is 78.9 Å². The van der Waals surface area contributed by atoms with Crippen LogP contribution < -0.4 is 9.47 Å². The Morgan fingerprint density at radius 1 is 0.897 bits per heavy atom. The van der Waals surface area contributed by atoms with Gasteiger partial charge in [0.2, 0.25) is 0 Å². The van der Waals surface area contributed by atoms with E-state index in [4.69, 9.17) is 14.5 Å². The molecule has 1 heterocycles. The normalized spacial score (nSPS) is 12.1. The minimum Gasteiger partial charge on any atom is -0.497 e. The van der Waals surface area contributed by atoms with Crippen LogP contribution in [-0.4, -0.2) is 34.5 Å². The highest BCUT2D eigenvalue weighted by Gasteiger charge is 2.15. The van der Waals surface area contributed by atoms with E-state index < -0.39 is 6.10 Å². The first-order valence-electron chi connectivity index (χ1n) is 9.66. The van der Waals surface area contributed by atoms with Gasteiger partial charge in [0.1, 0.15) is 30.0 Å². The number of aliphatic hydroxyl groups excluding tert-OH is 1. The Balaban J connectivity index is 1.50. The van der Waals surface area contributed by atoms with Gasteiger partial charge in [-0.2, -0.15) is 0 Å². The van der Waals surface area contributed by atoms with Crippen LogP contribution in [0.25, 0.3) is 11.0 Å². The Morgan fingerprint density at radius 3 is 2.34 bits per heavy atom. The Labute approximate surface area is 170 Å². The number of rotatable bonds is 8. The number of para-hydroxylation sites is 2. The third kappa shape index (κ3) is 4.58. The van der Waals surface area contributed by atoms with Gasteiger partial charge in [-0.1, -0.05) is 42.5 Å². The van der Waals surface area contributed by atoms with Crippen LogP contribution in [0.2, 0.25) is 0 Å². The van der Waals surface area contributed by atoms with Crippen LogP contribution >= 0.6 is 0 Å². The number of nitrogens with zero attached hydrogens (tertiary/aromatic N) is 2. The number of methoxy groups -OCH3 is 1. The fourth-order valence-corrected chi connectivity index (χ4v) is 3.37. The first kappa shape index (κ1) is 19.0.